The fourth-order valence-corrected chi connectivity index (χ4v) is 4.48. The van der Waals surface area contributed by atoms with Crippen molar-refractivity contribution in [3.8, 4) is 0 Å². The van der Waals surface area contributed by atoms with Crippen LogP contribution in [0.2, 0.25) is 0 Å². The summed E-state index contributed by atoms with van der Waals surface area (Å²) < 4.78 is 0. The first-order chi connectivity index (χ1) is 9.45. The van der Waals surface area contributed by atoms with Crippen molar-refractivity contribution >= 4 is 72.7 Å². The van der Waals surface area contributed by atoms with Gasteiger partial charge in [0.15, 0.2) is 0 Å². The van der Waals surface area contributed by atoms with Crippen LogP contribution in [-0.2, 0) is 0 Å². The molecule has 0 aromatic heterocycles. The summed E-state index contributed by atoms with van der Waals surface area (Å²) in [5.41, 5.74) is 0. The summed E-state index contributed by atoms with van der Waals surface area (Å²) in [5.74, 6) is 0. The minimum Gasteiger partial charge on any atom is -1.00 e. The van der Waals surface area contributed by atoms with Gasteiger partial charge in [0.05, 0.1) is 0 Å². The zero-order valence-corrected chi connectivity index (χ0v) is 16.6. The molecule has 3 aromatic carbocycles. The van der Waals surface area contributed by atoms with E-state index < -0.39 is 7.92 Å². The van der Waals surface area contributed by atoms with Crippen molar-refractivity contribution in [1.82, 2.24) is 0 Å². The summed E-state index contributed by atoms with van der Waals surface area (Å²) in [6, 6.07) is 32.3. The maximum absolute atomic E-state index is 2.23. The Labute approximate surface area is 165 Å². The van der Waals surface area contributed by atoms with Gasteiger partial charge in [0, 0.05) is 0 Å². The van der Waals surface area contributed by atoms with Gasteiger partial charge in [-0.2, -0.15) is 0 Å². The van der Waals surface area contributed by atoms with Crippen molar-refractivity contribution in [1.29, 1.82) is 0 Å². The summed E-state index contributed by atoms with van der Waals surface area (Å²) in [6.07, 6.45) is 0. The molecule has 0 unspecified atom stereocenters. The van der Waals surface area contributed by atoms with Gasteiger partial charge in [0.2, 0.25) is 0 Å². The van der Waals surface area contributed by atoms with Gasteiger partial charge in [0.25, 0.3) is 0 Å². The second kappa shape index (κ2) is 8.19. The van der Waals surface area contributed by atoms with E-state index in [9.17, 15) is 0 Å². The fourth-order valence-electron chi connectivity index (χ4n) is 2.18. The Kier molecular flexibility index (Phi) is 6.57. The Balaban J connectivity index is 0.00000147. The Morgan fingerprint density at radius 2 is 0.700 bits per heavy atom. The number of benzene rings is 3. The smallest absolute Gasteiger partial charge is 1.00 e. The topological polar surface area (TPSA) is 0 Å². The van der Waals surface area contributed by atoms with E-state index in [1.165, 1.54) is 15.9 Å². The average Bonchev–Trinajstić information content (AvgIpc) is 2.51. The molecule has 0 aliphatic heterocycles. The molecule has 20 heavy (non-hydrogen) atoms. The van der Waals surface area contributed by atoms with Crippen molar-refractivity contribution < 1.29 is 2.85 Å². The van der Waals surface area contributed by atoms with Crippen LogP contribution in [0.25, 0.3) is 0 Å². The number of hydrogen-bond acceptors (Lipinski definition) is 0. The second-order valence-electron chi connectivity index (χ2n) is 4.34. The molecule has 96 valence electrons. The van der Waals surface area contributed by atoms with E-state index in [1.54, 1.807) is 0 Å². The van der Waals surface area contributed by atoms with E-state index in [1.807, 2.05) is 0 Å². The quantitative estimate of drug-likeness (QED) is 0.467. The minimum atomic E-state index is -0.446. The van der Waals surface area contributed by atoms with Crippen LogP contribution in [0.4, 0.5) is 0 Å². The molecule has 0 radical (unpaired) electrons. The Bertz CT molecular complexity index is 539. The van der Waals surface area contributed by atoms with Gasteiger partial charge >= 0.3 is 48.9 Å². The second-order valence-corrected chi connectivity index (χ2v) is 6.56. The summed E-state index contributed by atoms with van der Waals surface area (Å²) in [5, 5.41) is 4.19. The van der Waals surface area contributed by atoms with Crippen molar-refractivity contribution in [2.75, 3.05) is 0 Å². The van der Waals surface area contributed by atoms with E-state index in [0.29, 0.717) is 0 Å². The molecule has 3 aromatic rings. The fraction of sp³-hybridized carbons (Fsp3) is 0. The summed E-state index contributed by atoms with van der Waals surface area (Å²) in [7, 11) is -0.446. The normalized spacial score (nSPS) is 10.1. The first kappa shape index (κ1) is 16.0. The molecule has 2 heteroatoms. The first-order valence-electron chi connectivity index (χ1n) is 6.40. The molecular weight excluding hydrogens is 385 g/mol. The van der Waals surface area contributed by atoms with Crippen LogP contribution in [0.1, 0.15) is 2.85 Å². The van der Waals surface area contributed by atoms with Crippen LogP contribution < -0.4 is 15.9 Å². The third-order valence-corrected chi connectivity index (χ3v) is 5.49. The molecule has 0 atom stereocenters. The predicted molar refractivity (Wildman–Crippen MR) is 93.1 cm³/mol. The van der Waals surface area contributed by atoms with Gasteiger partial charge in [-0.15, -0.1) is 0 Å². The van der Waals surface area contributed by atoms with Crippen LogP contribution in [0.15, 0.2) is 91.0 Å². The van der Waals surface area contributed by atoms with Gasteiger partial charge in [-0.25, -0.2) is 0 Å². The third kappa shape index (κ3) is 3.86. The molecule has 0 heterocycles. The van der Waals surface area contributed by atoms with Gasteiger partial charge < -0.3 is 2.85 Å². The molecule has 0 spiro atoms. The zero-order valence-electron chi connectivity index (χ0n) is 13.3. The first-order valence-corrected chi connectivity index (χ1v) is 7.74. The monoisotopic (exact) mass is 402 g/mol. The van der Waals surface area contributed by atoms with Gasteiger partial charge in [-0.1, -0.05) is 91.0 Å². The van der Waals surface area contributed by atoms with Gasteiger partial charge in [-0.05, 0) is 23.8 Å². The molecule has 0 saturated heterocycles. The Morgan fingerprint density at radius 3 is 0.950 bits per heavy atom. The molecule has 0 aliphatic rings. The molecule has 0 N–H and O–H groups in total. The van der Waals surface area contributed by atoms with Crippen molar-refractivity contribution in [2.45, 2.75) is 0 Å². The van der Waals surface area contributed by atoms with E-state index in [-0.39, 0.29) is 51.7 Å². The Hall–Kier alpha value is -0.339. The molecule has 0 amide bonds. The van der Waals surface area contributed by atoms with Crippen molar-refractivity contribution in [2.24, 2.45) is 0 Å². The van der Waals surface area contributed by atoms with Crippen molar-refractivity contribution in [3.05, 3.63) is 91.0 Å². The zero-order chi connectivity index (χ0) is 12.9. The number of rotatable bonds is 3. The molecule has 0 bridgehead atoms. The van der Waals surface area contributed by atoms with E-state index in [4.69, 9.17) is 0 Å². The van der Waals surface area contributed by atoms with E-state index in [0.717, 1.165) is 0 Å². The van der Waals surface area contributed by atoms with Crippen molar-refractivity contribution in [3.63, 3.8) is 0 Å². The van der Waals surface area contributed by atoms with E-state index in [2.05, 4.69) is 91.0 Å². The van der Waals surface area contributed by atoms with Gasteiger partial charge in [-0.3, -0.25) is 0 Å². The van der Waals surface area contributed by atoms with E-state index >= 15 is 0 Å². The standard InChI is InChI=1S/C18H15P.Ba.2H/c1-4-10-16(11-5-1)19(17-12-6-2-7-13-17)18-14-8-3-9-15-18;;;/h1-15H;;;/q;+2;2*-1. The van der Waals surface area contributed by atoms with Gasteiger partial charge in [0.1, 0.15) is 0 Å². The summed E-state index contributed by atoms with van der Waals surface area (Å²) in [4.78, 5) is 0. The molecule has 0 saturated carbocycles. The number of hydrogen-bond donors (Lipinski definition) is 0. The molecule has 0 fully saturated rings. The van der Waals surface area contributed by atoms with Crippen LogP contribution >= 0.6 is 7.92 Å². The molecular formula is C18H17BaP. The van der Waals surface area contributed by atoms with Crippen LogP contribution in [0.5, 0.6) is 0 Å². The SMILES string of the molecule is [Ba+2].[H-].[H-].c1ccc(P(c2ccccc2)c2ccccc2)cc1. The molecule has 3 rings (SSSR count). The summed E-state index contributed by atoms with van der Waals surface area (Å²) in [6.45, 7) is 0. The summed E-state index contributed by atoms with van der Waals surface area (Å²) >= 11 is 0. The third-order valence-electron chi connectivity index (χ3n) is 3.04. The van der Waals surface area contributed by atoms with Crippen LogP contribution in [0, 0.1) is 0 Å². The maximum Gasteiger partial charge on any atom is 2.00 e. The van der Waals surface area contributed by atoms with Crippen LogP contribution in [-0.4, -0.2) is 48.9 Å². The molecule has 0 nitrogen and oxygen atoms in total. The predicted octanol–water partition coefficient (Wildman–Crippen LogP) is 3.29. The largest absolute Gasteiger partial charge is 2.00 e. The maximum atomic E-state index is 2.23. The van der Waals surface area contributed by atoms with Crippen LogP contribution in [0.3, 0.4) is 0 Å². The molecule has 0 aliphatic carbocycles. The Morgan fingerprint density at radius 1 is 0.450 bits per heavy atom. The average molecular weight is 402 g/mol. The minimum absolute atomic E-state index is 0.